The Balaban J connectivity index is 0.000000371. The Morgan fingerprint density at radius 3 is 2.50 bits per heavy atom. The minimum atomic E-state index is 1.000. The molecule has 0 bridgehead atoms. The smallest absolute Gasteiger partial charge is 0.0330 e. The second-order valence-corrected chi connectivity index (χ2v) is 1.87. The van der Waals surface area contributed by atoms with E-state index in [1.165, 1.54) is 5.57 Å². The molecule has 58 valence electrons. The summed E-state index contributed by atoms with van der Waals surface area (Å²) in [6.45, 7) is 7.17. The van der Waals surface area contributed by atoms with Crippen molar-refractivity contribution in [3.8, 4) is 0 Å². The van der Waals surface area contributed by atoms with E-state index < -0.39 is 0 Å². The van der Waals surface area contributed by atoms with Crippen molar-refractivity contribution in [2.75, 3.05) is 6.54 Å². The third-order valence-electron chi connectivity index (χ3n) is 1.31. The second-order valence-electron chi connectivity index (χ2n) is 1.87. The van der Waals surface area contributed by atoms with Crippen LogP contribution < -0.4 is 5.32 Å². The molecular formula is C9H17N. The van der Waals surface area contributed by atoms with Crippen LogP contribution in [0.2, 0.25) is 0 Å². The van der Waals surface area contributed by atoms with E-state index in [0.29, 0.717) is 0 Å². The van der Waals surface area contributed by atoms with Crippen LogP contribution in [0, 0.1) is 0 Å². The van der Waals surface area contributed by atoms with Crippen LogP contribution in [0.15, 0.2) is 23.9 Å². The molecule has 0 amide bonds. The van der Waals surface area contributed by atoms with E-state index in [4.69, 9.17) is 0 Å². The second kappa shape index (κ2) is 6.40. The summed E-state index contributed by atoms with van der Waals surface area (Å²) in [7, 11) is 0. The molecule has 0 fully saturated rings. The van der Waals surface area contributed by atoms with Crippen molar-refractivity contribution in [3.05, 3.63) is 23.9 Å². The quantitative estimate of drug-likeness (QED) is 0.588. The number of allylic oxidation sites excluding steroid dienone is 2. The van der Waals surface area contributed by atoms with E-state index in [9.17, 15) is 0 Å². The van der Waals surface area contributed by atoms with Gasteiger partial charge in [-0.2, -0.15) is 0 Å². The van der Waals surface area contributed by atoms with E-state index in [1.807, 2.05) is 20.0 Å². The Labute approximate surface area is 63.8 Å². The highest BCUT2D eigenvalue weighted by Crippen LogP contribution is 2.02. The monoisotopic (exact) mass is 139 g/mol. The molecule has 1 nitrogen and oxygen atoms in total. The van der Waals surface area contributed by atoms with Crippen LogP contribution >= 0.6 is 0 Å². The molecule has 1 aliphatic heterocycles. The molecular weight excluding hydrogens is 122 g/mol. The third-order valence-corrected chi connectivity index (χ3v) is 1.31. The molecule has 1 aliphatic rings. The number of dihydropyridines is 1. The highest BCUT2D eigenvalue weighted by atomic mass is 14.8. The van der Waals surface area contributed by atoms with Crippen LogP contribution in [-0.2, 0) is 0 Å². The summed E-state index contributed by atoms with van der Waals surface area (Å²) in [5.41, 5.74) is 1.43. The van der Waals surface area contributed by atoms with Gasteiger partial charge in [-0.05, 0) is 24.3 Å². The highest BCUT2D eigenvalue weighted by molar-refractivity contribution is 5.21. The molecule has 0 radical (unpaired) electrons. The average molecular weight is 139 g/mol. The highest BCUT2D eigenvalue weighted by Gasteiger charge is 1.89. The van der Waals surface area contributed by atoms with Gasteiger partial charge in [0, 0.05) is 6.54 Å². The maximum absolute atomic E-state index is 3.09. The molecule has 1 heteroatoms. The number of nitrogens with one attached hydrogen (secondary N) is 1. The molecule has 0 aromatic rings. The first-order chi connectivity index (χ1) is 4.93. The fourth-order valence-corrected chi connectivity index (χ4v) is 0.754. The summed E-state index contributed by atoms with van der Waals surface area (Å²) in [5, 5.41) is 3.09. The van der Waals surface area contributed by atoms with Crippen molar-refractivity contribution in [2.45, 2.75) is 27.2 Å². The molecule has 0 saturated carbocycles. The van der Waals surface area contributed by atoms with E-state index in [-0.39, 0.29) is 0 Å². The van der Waals surface area contributed by atoms with Crippen molar-refractivity contribution in [1.29, 1.82) is 0 Å². The van der Waals surface area contributed by atoms with Crippen LogP contribution in [0.4, 0.5) is 0 Å². The van der Waals surface area contributed by atoms with Crippen LogP contribution in [0.1, 0.15) is 27.2 Å². The Morgan fingerprint density at radius 2 is 2.20 bits per heavy atom. The van der Waals surface area contributed by atoms with Crippen LogP contribution in [0.3, 0.4) is 0 Å². The van der Waals surface area contributed by atoms with Gasteiger partial charge in [-0.25, -0.2) is 0 Å². The molecule has 1 heterocycles. The van der Waals surface area contributed by atoms with Gasteiger partial charge in [-0.15, -0.1) is 0 Å². The Morgan fingerprint density at radius 1 is 1.50 bits per heavy atom. The van der Waals surface area contributed by atoms with Crippen LogP contribution in [-0.4, -0.2) is 6.54 Å². The van der Waals surface area contributed by atoms with Gasteiger partial charge in [-0.3, -0.25) is 0 Å². The lowest BCUT2D eigenvalue weighted by molar-refractivity contribution is 0.939. The topological polar surface area (TPSA) is 12.0 Å². The fraction of sp³-hybridized carbons (Fsp3) is 0.556. The minimum absolute atomic E-state index is 1.000. The lowest BCUT2D eigenvalue weighted by atomic mass is 10.1. The van der Waals surface area contributed by atoms with Gasteiger partial charge in [0.05, 0.1) is 0 Å². The Bertz CT molecular complexity index is 123. The molecule has 10 heavy (non-hydrogen) atoms. The van der Waals surface area contributed by atoms with Crippen molar-refractivity contribution in [3.63, 3.8) is 0 Å². The summed E-state index contributed by atoms with van der Waals surface area (Å²) in [4.78, 5) is 0. The van der Waals surface area contributed by atoms with Crippen molar-refractivity contribution in [2.24, 2.45) is 0 Å². The summed E-state index contributed by atoms with van der Waals surface area (Å²) in [6, 6.07) is 0. The average Bonchev–Trinajstić information content (AvgIpc) is 2.10. The Kier molecular flexibility index (Phi) is 5.94. The van der Waals surface area contributed by atoms with E-state index >= 15 is 0 Å². The summed E-state index contributed by atoms with van der Waals surface area (Å²) in [5.74, 6) is 0. The number of hydrogen-bond acceptors (Lipinski definition) is 1. The molecule has 0 spiro atoms. The van der Waals surface area contributed by atoms with Crippen LogP contribution in [0.25, 0.3) is 0 Å². The maximum atomic E-state index is 3.09. The number of hydrogen-bond donors (Lipinski definition) is 1. The predicted octanol–water partition coefficient (Wildman–Crippen LogP) is 2.47. The lowest BCUT2D eigenvalue weighted by Crippen LogP contribution is -2.07. The van der Waals surface area contributed by atoms with Gasteiger partial charge in [-0.1, -0.05) is 26.8 Å². The summed E-state index contributed by atoms with van der Waals surface area (Å²) < 4.78 is 0. The molecule has 0 saturated heterocycles. The van der Waals surface area contributed by atoms with E-state index in [2.05, 4.69) is 24.4 Å². The summed E-state index contributed by atoms with van der Waals surface area (Å²) >= 11 is 0. The zero-order valence-corrected chi connectivity index (χ0v) is 7.15. The first-order valence-electron chi connectivity index (χ1n) is 4.02. The van der Waals surface area contributed by atoms with Crippen molar-refractivity contribution >= 4 is 0 Å². The van der Waals surface area contributed by atoms with Crippen molar-refractivity contribution in [1.82, 2.24) is 5.32 Å². The first kappa shape index (κ1) is 9.28. The molecule has 1 rings (SSSR count). The van der Waals surface area contributed by atoms with E-state index in [0.717, 1.165) is 13.0 Å². The van der Waals surface area contributed by atoms with Gasteiger partial charge in [0.2, 0.25) is 0 Å². The van der Waals surface area contributed by atoms with E-state index in [1.54, 1.807) is 0 Å². The first-order valence-corrected chi connectivity index (χ1v) is 4.02. The molecule has 0 aliphatic carbocycles. The molecule has 0 unspecified atom stereocenters. The molecule has 1 N–H and O–H groups in total. The van der Waals surface area contributed by atoms with Gasteiger partial charge in [0.15, 0.2) is 0 Å². The third kappa shape index (κ3) is 3.33. The SMILES string of the molecule is CC.CCC1=CCNC=C1. The minimum Gasteiger partial charge on any atom is -0.387 e. The molecule has 0 aromatic carbocycles. The zero-order chi connectivity index (χ0) is 7.82. The van der Waals surface area contributed by atoms with Crippen molar-refractivity contribution < 1.29 is 0 Å². The fourth-order valence-electron chi connectivity index (χ4n) is 0.754. The normalized spacial score (nSPS) is 14.5. The molecule has 0 atom stereocenters. The Hall–Kier alpha value is -0.720. The largest absolute Gasteiger partial charge is 0.387 e. The predicted molar refractivity (Wildman–Crippen MR) is 46.9 cm³/mol. The van der Waals surface area contributed by atoms with Gasteiger partial charge < -0.3 is 5.32 Å². The van der Waals surface area contributed by atoms with Gasteiger partial charge in [0.1, 0.15) is 0 Å². The van der Waals surface area contributed by atoms with Gasteiger partial charge >= 0.3 is 0 Å². The number of rotatable bonds is 1. The maximum Gasteiger partial charge on any atom is 0.0330 e. The van der Waals surface area contributed by atoms with Gasteiger partial charge in [0.25, 0.3) is 0 Å². The molecule has 0 aromatic heterocycles. The zero-order valence-electron chi connectivity index (χ0n) is 7.15. The lowest BCUT2D eigenvalue weighted by Gasteiger charge is -2.03. The van der Waals surface area contributed by atoms with Crippen LogP contribution in [0.5, 0.6) is 0 Å². The standard InChI is InChI=1S/C7H11N.C2H6/c1-2-7-3-5-8-6-4-7;1-2/h3-5,8H,2,6H2,1H3;1-2H3. The summed E-state index contributed by atoms with van der Waals surface area (Å²) in [6.07, 6.45) is 7.47.